The lowest BCUT2D eigenvalue weighted by molar-refractivity contribution is -0.113. The summed E-state index contributed by atoms with van der Waals surface area (Å²) < 4.78 is 7.20. The average molecular weight is 457 g/mol. The van der Waals surface area contributed by atoms with Crippen molar-refractivity contribution >= 4 is 35.0 Å². The highest BCUT2D eigenvalue weighted by atomic mass is 35.5. The third-order valence-electron chi connectivity index (χ3n) is 5.28. The summed E-state index contributed by atoms with van der Waals surface area (Å²) in [6.45, 7) is 1.30. The largest absolute Gasteiger partial charge is 0.385 e. The zero-order chi connectivity index (χ0) is 21.6. The minimum atomic E-state index is -0.0614. The molecule has 1 amide bonds. The van der Waals surface area contributed by atoms with Gasteiger partial charge < -0.3 is 14.6 Å². The van der Waals surface area contributed by atoms with Gasteiger partial charge in [0.1, 0.15) is 0 Å². The van der Waals surface area contributed by atoms with E-state index in [-0.39, 0.29) is 11.7 Å². The number of rotatable bonds is 9. The molecule has 6 nitrogen and oxygen atoms in total. The zero-order valence-electron chi connectivity index (χ0n) is 17.4. The lowest BCUT2D eigenvalue weighted by Gasteiger charge is -2.11. The highest BCUT2D eigenvalue weighted by Crippen LogP contribution is 2.30. The Morgan fingerprint density at radius 1 is 1.19 bits per heavy atom. The molecule has 4 rings (SSSR count). The first-order valence-electron chi connectivity index (χ1n) is 10.4. The summed E-state index contributed by atoms with van der Waals surface area (Å²) in [5.41, 5.74) is 4.41. The molecule has 0 bridgehead atoms. The molecular weight excluding hydrogens is 432 g/mol. The van der Waals surface area contributed by atoms with Crippen LogP contribution in [-0.2, 0) is 28.9 Å². The van der Waals surface area contributed by atoms with Gasteiger partial charge in [0.05, 0.1) is 10.8 Å². The van der Waals surface area contributed by atoms with E-state index in [1.165, 1.54) is 29.3 Å². The van der Waals surface area contributed by atoms with Crippen LogP contribution in [0.1, 0.15) is 24.0 Å². The summed E-state index contributed by atoms with van der Waals surface area (Å²) in [6.07, 6.45) is 4.21. The van der Waals surface area contributed by atoms with Gasteiger partial charge in [-0.15, -0.1) is 10.2 Å². The van der Waals surface area contributed by atoms with Gasteiger partial charge in [-0.25, -0.2) is 0 Å². The second-order valence-corrected chi connectivity index (χ2v) is 8.81. The quantitative estimate of drug-likeness (QED) is 0.368. The highest BCUT2D eigenvalue weighted by Gasteiger charge is 2.18. The van der Waals surface area contributed by atoms with Crippen molar-refractivity contribution in [1.82, 2.24) is 14.8 Å². The molecule has 0 spiro atoms. The number of ether oxygens (including phenoxy) is 1. The van der Waals surface area contributed by atoms with E-state index in [0.29, 0.717) is 29.2 Å². The third-order valence-corrected chi connectivity index (χ3v) is 6.57. The predicted octanol–water partition coefficient (Wildman–Crippen LogP) is 4.85. The molecule has 1 aromatic heterocycles. The number of aryl methyl sites for hydroxylation is 2. The van der Waals surface area contributed by atoms with E-state index in [1.807, 2.05) is 34.9 Å². The molecule has 3 aromatic rings. The summed E-state index contributed by atoms with van der Waals surface area (Å²) in [7, 11) is 1.68. The average Bonchev–Trinajstić information content (AvgIpc) is 3.39. The maximum Gasteiger partial charge on any atom is 0.234 e. The Morgan fingerprint density at radius 3 is 2.87 bits per heavy atom. The lowest BCUT2D eigenvalue weighted by Crippen LogP contribution is -2.15. The number of benzene rings is 2. The molecule has 0 saturated carbocycles. The third kappa shape index (κ3) is 5.29. The molecule has 1 aliphatic rings. The molecule has 1 aliphatic carbocycles. The normalized spacial score (nSPS) is 12.7. The van der Waals surface area contributed by atoms with Gasteiger partial charge in [0.2, 0.25) is 5.91 Å². The Bertz CT molecular complexity index is 1070. The molecule has 31 heavy (non-hydrogen) atoms. The molecule has 0 radical (unpaired) electrons. The zero-order valence-corrected chi connectivity index (χ0v) is 19.0. The molecule has 0 fully saturated rings. The van der Waals surface area contributed by atoms with Crippen molar-refractivity contribution in [2.75, 3.05) is 24.8 Å². The molecule has 0 aliphatic heterocycles. The van der Waals surface area contributed by atoms with E-state index in [1.54, 1.807) is 7.11 Å². The van der Waals surface area contributed by atoms with Crippen molar-refractivity contribution in [1.29, 1.82) is 0 Å². The number of hydrogen-bond donors (Lipinski definition) is 1. The molecule has 0 unspecified atom stereocenters. The Kier molecular flexibility index (Phi) is 7.27. The Morgan fingerprint density at radius 2 is 2.03 bits per heavy atom. The first-order chi connectivity index (χ1) is 15.2. The summed E-state index contributed by atoms with van der Waals surface area (Å²) in [5.74, 6) is 0.888. The molecule has 162 valence electrons. The number of amides is 1. The van der Waals surface area contributed by atoms with Gasteiger partial charge in [0.25, 0.3) is 0 Å². The number of anilines is 1. The summed E-state index contributed by atoms with van der Waals surface area (Å²) >= 11 is 7.76. The monoisotopic (exact) mass is 456 g/mol. The number of nitrogens with one attached hydrogen (secondary N) is 1. The molecule has 0 atom stereocenters. The first kappa shape index (κ1) is 21.9. The van der Waals surface area contributed by atoms with Gasteiger partial charge in [-0.05, 0) is 61.1 Å². The van der Waals surface area contributed by atoms with E-state index >= 15 is 0 Å². The number of halogens is 1. The maximum atomic E-state index is 12.6. The van der Waals surface area contributed by atoms with E-state index in [4.69, 9.17) is 16.3 Å². The van der Waals surface area contributed by atoms with Crippen LogP contribution in [0, 0.1) is 0 Å². The van der Waals surface area contributed by atoms with Crippen molar-refractivity contribution in [3.63, 3.8) is 0 Å². The van der Waals surface area contributed by atoms with E-state index in [0.717, 1.165) is 30.5 Å². The van der Waals surface area contributed by atoms with Crippen molar-refractivity contribution < 1.29 is 9.53 Å². The minimum Gasteiger partial charge on any atom is -0.385 e. The van der Waals surface area contributed by atoms with Gasteiger partial charge in [-0.2, -0.15) is 0 Å². The van der Waals surface area contributed by atoms with Crippen LogP contribution in [0.4, 0.5) is 5.69 Å². The molecule has 1 N–H and O–H groups in total. The Labute approximate surface area is 191 Å². The molecular formula is C23H25ClN4O2S. The maximum absolute atomic E-state index is 12.6. The highest BCUT2D eigenvalue weighted by molar-refractivity contribution is 7.99. The van der Waals surface area contributed by atoms with Crippen molar-refractivity contribution in [2.24, 2.45) is 0 Å². The van der Waals surface area contributed by atoms with Gasteiger partial charge in [-0.1, -0.05) is 41.6 Å². The second-order valence-electron chi connectivity index (χ2n) is 7.46. The van der Waals surface area contributed by atoms with Gasteiger partial charge in [0.15, 0.2) is 11.0 Å². The minimum absolute atomic E-state index is 0.0614. The number of carbonyl (C=O) groups excluding carboxylic acids is 1. The van der Waals surface area contributed by atoms with Gasteiger partial charge >= 0.3 is 0 Å². The van der Waals surface area contributed by atoms with E-state index in [2.05, 4.69) is 27.6 Å². The molecule has 0 saturated heterocycles. The number of nitrogens with zero attached hydrogens (tertiary/aromatic N) is 3. The first-order valence-corrected chi connectivity index (χ1v) is 11.7. The number of thioether (sulfide) groups is 1. The van der Waals surface area contributed by atoms with Crippen LogP contribution >= 0.6 is 23.4 Å². The molecule has 8 heteroatoms. The van der Waals surface area contributed by atoms with Crippen LogP contribution < -0.4 is 5.32 Å². The topological polar surface area (TPSA) is 69.0 Å². The summed E-state index contributed by atoms with van der Waals surface area (Å²) in [6, 6.07) is 13.8. The standard InChI is InChI=1S/C23H25ClN4O2S/c1-30-13-5-12-28-22(19-8-2-3-9-20(19)24)26-27-23(28)31-15-21(29)25-18-11-10-16-6-4-7-17(16)14-18/h2-3,8-11,14H,4-7,12-13,15H2,1H3,(H,25,29). The van der Waals surface area contributed by atoms with Crippen LogP contribution in [0.2, 0.25) is 5.02 Å². The number of methoxy groups -OCH3 is 1. The SMILES string of the molecule is COCCCn1c(SCC(=O)Nc2ccc3c(c2)CCC3)nnc1-c1ccccc1Cl. The second kappa shape index (κ2) is 10.3. The molecule has 2 aromatic carbocycles. The Balaban J connectivity index is 1.46. The van der Waals surface area contributed by atoms with Crippen LogP contribution in [-0.4, -0.2) is 40.1 Å². The smallest absolute Gasteiger partial charge is 0.234 e. The van der Waals surface area contributed by atoms with Crippen LogP contribution in [0.5, 0.6) is 0 Å². The van der Waals surface area contributed by atoms with Crippen molar-refractivity contribution in [2.45, 2.75) is 37.4 Å². The van der Waals surface area contributed by atoms with Gasteiger partial charge in [0, 0.05) is 31.5 Å². The molecule has 1 heterocycles. The fourth-order valence-corrected chi connectivity index (χ4v) is 4.77. The summed E-state index contributed by atoms with van der Waals surface area (Å²) in [5, 5.41) is 13.0. The van der Waals surface area contributed by atoms with Crippen LogP contribution in [0.3, 0.4) is 0 Å². The number of hydrogen-bond acceptors (Lipinski definition) is 5. The van der Waals surface area contributed by atoms with Crippen molar-refractivity contribution in [3.05, 3.63) is 58.6 Å². The van der Waals surface area contributed by atoms with Crippen LogP contribution in [0.15, 0.2) is 47.6 Å². The Hall–Kier alpha value is -2.35. The summed E-state index contributed by atoms with van der Waals surface area (Å²) in [4.78, 5) is 12.6. The van der Waals surface area contributed by atoms with Gasteiger partial charge in [-0.3, -0.25) is 4.79 Å². The number of carbonyl (C=O) groups is 1. The van der Waals surface area contributed by atoms with Crippen LogP contribution in [0.25, 0.3) is 11.4 Å². The van der Waals surface area contributed by atoms with Crippen molar-refractivity contribution in [3.8, 4) is 11.4 Å². The lowest BCUT2D eigenvalue weighted by atomic mass is 10.1. The predicted molar refractivity (Wildman–Crippen MR) is 125 cm³/mol. The fraction of sp³-hybridized carbons (Fsp3) is 0.348. The number of fused-ring (bicyclic) bond motifs is 1. The fourth-order valence-electron chi connectivity index (χ4n) is 3.78. The van der Waals surface area contributed by atoms with E-state index < -0.39 is 0 Å². The number of aromatic nitrogens is 3. The van der Waals surface area contributed by atoms with E-state index in [9.17, 15) is 4.79 Å².